The lowest BCUT2D eigenvalue weighted by Gasteiger charge is -2.19. The Morgan fingerprint density at radius 2 is 2.00 bits per heavy atom. The molecule has 1 aromatic rings. The fourth-order valence-corrected chi connectivity index (χ4v) is 2.71. The maximum absolute atomic E-state index is 5.98. The molecular formula is C17H26O2. The van der Waals surface area contributed by atoms with Crippen LogP contribution in [0.2, 0.25) is 0 Å². The summed E-state index contributed by atoms with van der Waals surface area (Å²) in [6.07, 6.45) is 3.01. The van der Waals surface area contributed by atoms with Gasteiger partial charge in [-0.3, -0.25) is 0 Å². The summed E-state index contributed by atoms with van der Waals surface area (Å²) in [5.41, 5.74) is 3.90. The van der Waals surface area contributed by atoms with E-state index in [0.29, 0.717) is 18.1 Å². The van der Waals surface area contributed by atoms with Crippen molar-refractivity contribution in [3.8, 4) is 5.75 Å². The third-order valence-electron chi connectivity index (χ3n) is 3.85. The predicted octanol–water partition coefficient (Wildman–Crippen LogP) is 4.37. The Hall–Kier alpha value is -1.02. The summed E-state index contributed by atoms with van der Waals surface area (Å²) in [7, 11) is 0. The zero-order valence-corrected chi connectivity index (χ0v) is 12.8. The Morgan fingerprint density at radius 3 is 2.58 bits per heavy atom. The van der Waals surface area contributed by atoms with E-state index in [1.54, 1.807) is 0 Å². The molecule has 2 nitrogen and oxygen atoms in total. The first-order valence-corrected chi connectivity index (χ1v) is 7.42. The minimum Gasteiger partial charge on any atom is -0.493 e. The van der Waals surface area contributed by atoms with E-state index in [-0.39, 0.29) is 0 Å². The normalized spacial score (nSPS) is 23.2. The van der Waals surface area contributed by atoms with Crippen molar-refractivity contribution in [2.24, 2.45) is 0 Å². The first kappa shape index (κ1) is 14.4. The Kier molecular flexibility index (Phi) is 4.51. The lowest BCUT2D eigenvalue weighted by molar-refractivity contribution is 0.308. The van der Waals surface area contributed by atoms with Gasteiger partial charge < -0.3 is 9.47 Å². The van der Waals surface area contributed by atoms with E-state index in [0.717, 1.165) is 25.2 Å². The summed E-state index contributed by atoms with van der Waals surface area (Å²) in [6.45, 7) is 11.7. The average molecular weight is 262 g/mol. The number of epoxide rings is 1. The summed E-state index contributed by atoms with van der Waals surface area (Å²) in [6, 6.07) is 4.48. The molecule has 1 fully saturated rings. The summed E-state index contributed by atoms with van der Waals surface area (Å²) < 4.78 is 11.5. The second kappa shape index (κ2) is 5.96. The maximum atomic E-state index is 5.98. The van der Waals surface area contributed by atoms with Crippen LogP contribution in [-0.4, -0.2) is 18.8 Å². The topological polar surface area (TPSA) is 21.8 Å². The molecule has 1 saturated heterocycles. The Balaban J connectivity index is 2.20. The minimum atomic E-state index is 0.438. The van der Waals surface area contributed by atoms with Crippen molar-refractivity contribution in [2.45, 2.75) is 65.6 Å². The number of aryl methyl sites for hydroxylation is 2. The van der Waals surface area contributed by atoms with Gasteiger partial charge in [-0.05, 0) is 50.7 Å². The number of hydrogen-bond acceptors (Lipinski definition) is 2. The summed E-state index contributed by atoms with van der Waals surface area (Å²) >= 11 is 0. The highest BCUT2D eigenvalue weighted by molar-refractivity contribution is 5.45. The molecule has 106 valence electrons. The summed E-state index contributed by atoms with van der Waals surface area (Å²) in [5, 5.41) is 0. The maximum Gasteiger partial charge on any atom is 0.125 e. The van der Waals surface area contributed by atoms with Gasteiger partial charge in [-0.2, -0.15) is 0 Å². The first-order chi connectivity index (χ1) is 9.02. The third kappa shape index (κ3) is 3.50. The molecule has 19 heavy (non-hydrogen) atoms. The van der Waals surface area contributed by atoms with Gasteiger partial charge in [0.15, 0.2) is 0 Å². The van der Waals surface area contributed by atoms with Crippen LogP contribution in [0.1, 0.15) is 56.2 Å². The van der Waals surface area contributed by atoms with Crippen LogP contribution in [0.4, 0.5) is 0 Å². The zero-order valence-electron chi connectivity index (χ0n) is 12.8. The number of ether oxygens (including phenoxy) is 2. The number of rotatable bonds is 6. The molecule has 3 atom stereocenters. The fraction of sp³-hybridized carbons (Fsp3) is 0.647. The zero-order chi connectivity index (χ0) is 14.0. The van der Waals surface area contributed by atoms with Crippen LogP contribution in [0.25, 0.3) is 0 Å². The quantitative estimate of drug-likeness (QED) is 0.710. The molecule has 1 heterocycles. The van der Waals surface area contributed by atoms with Crippen LogP contribution in [0, 0.1) is 13.8 Å². The van der Waals surface area contributed by atoms with Crippen LogP contribution in [0.3, 0.4) is 0 Å². The molecule has 3 unspecified atom stereocenters. The van der Waals surface area contributed by atoms with Crippen molar-refractivity contribution in [1.82, 2.24) is 0 Å². The molecule has 0 radical (unpaired) electrons. The molecule has 0 aromatic heterocycles. The molecule has 0 spiro atoms. The monoisotopic (exact) mass is 262 g/mol. The molecular weight excluding hydrogens is 236 g/mol. The van der Waals surface area contributed by atoms with Gasteiger partial charge in [-0.25, -0.2) is 0 Å². The molecule has 1 aliphatic rings. The Labute approximate surface area is 117 Å². The molecule has 1 aromatic carbocycles. The van der Waals surface area contributed by atoms with Crippen LogP contribution in [-0.2, 0) is 4.74 Å². The van der Waals surface area contributed by atoms with Crippen LogP contribution in [0.5, 0.6) is 5.75 Å². The molecule has 2 rings (SSSR count). The lowest BCUT2D eigenvalue weighted by Crippen LogP contribution is -2.06. The van der Waals surface area contributed by atoms with Gasteiger partial charge in [0.1, 0.15) is 5.75 Å². The largest absolute Gasteiger partial charge is 0.493 e. The summed E-state index contributed by atoms with van der Waals surface area (Å²) in [4.78, 5) is 0. The second-order valence-electron chi connectivity index (χ2n) is 5.87. The van der Waals surface area contributed by atoms with Crippen molar-refractivity contribution in [1.29, 1.82) is 0 Å². The molecule has 0 saturated carbocycles. The van der Waals surface area contributed by atoms with Gasteiger partial charge in [-0.15, -0.1) is 0 Å². The van der Waals surface area contributed by atoms with Crippen molar-refractivity contribution < 1.29 is 9.47 Å². The highest BCUT2D eigenvalue weighted by Gasteiger charge is 2.35. The lowest BCUT2D eigenvalue weighted by atomic mass is 9.91. The van der Waals surface area contributed by atoms with Crippen LogP contribution < -0.4 is 4.74 Å². The fourth-order valence-electron chi connectivity index (χ4n) is 2.71. The van der Waals surface area contributed by atoms with Crippen LogP contribution in [0.15, 0.2) is 12.1 Å². The highest BCUT2D eigenvalue weighted by Crippen LogP contribution is 2.38. The van der Waals surface area contributed by atoms with Gasteiger partial charge in [-0.1, -0.05) is 31.5 Å². The van der Waals surface area contributed by atoms with E-state index in [4.69, 9.17) is 9.47 Å². The molecule has 2 heteroatoms. The van der Waals surface area contributed by atoms with E-state index in [1.165, 1.54) is 16.7 Å². The SMILES string of the molecule is CCCOc1c(C)cc(C)cc1C(C)CC1OC1C. The summed E-state index contributed by atoms with van der Waals surface area (Å²) in [5.74, 6) is 1.58. The third-order valence-corrected chi connectivity index (χ3v) is 3.85. The van der Waals surface area contributed by atoms with Gasteiger partial charge in [0.2, 0.25) is 0 Å². The van der Waals surface area contributed by atoms with E-state index in [2.05, 4.69) is 46.8 Å². The van der Waals surface area contributed by atoms with Gasteiger partial charge in [0.25, 0.3) is 0 Å². The molecule has 0 aliphatic carbocycles. The smallest absolute Gasteiger partial charge is 0.125 e. The molecule has 0 bridgehead atoms. The average Bonchev–Trinajstić information content (AvgIpc) is 3.02. The molecule has 0 N–H and O–H groups in total. The highest BCUT2D eigenvalue weighted by atomic mass is 16.6. The number of benzene rings is 1. The number of hydrogen-bond donors (Lipinski definition) is 0. The standard InChI is InChI=1S/C17H26O2/c1-6-7-18-17-13(4)8-11(2)9-15(17)12(3)10-16-14(5)19-16/h8-9,12,14,16H,6-7,10H2,1-5H3. The van der Waals surface area contributed by atoms with E-state index in [1.807, 2.05) is 0 Å². The first-order valence-electron chi connectivity index (χ1n) is 7.42. The molecule has 0 amide bonds. The van der Waals surface area contributed by atoms with Gasteiger partial charge >= 0.3 is 0 Å². The van der Waals surface area contributed by atoms with Crippen molar-refractivity contribution in [3.05, 3.63) is 28.8 Å². The van der Waals surface area contributed by atoms with Crippen LogP contribution >= 0.6 is 0 Å². The molecule has 1 aliphatic heterocycles. The predicted molar refractivity (Wildman–Crippen MR) is 79.1 cm³/mol. The minimum absolute atomic E-state index is 0.438. The van der Waals surface area contributed by atoms with Crippen molar-refractivity contribution >= 4 is 0 Å². The van der Waals surface area contributed by atoms with Crippen molar-refractivity contribution in [2.75, 3.05) is 6.61 Å². The van der Waals surface area contributed by atoms with E-state index >= 15 is 0 Å². The second-order valence-corrected chi connectivity index (χ2v) is 5.87. The Morgan fingerprint density at radius 1 is 1.32 bits per heavy atom. The van der Waals surface area contributed by atoms with Gasteiger partial charge in [0.05, 0.1) is 18.8 Å². The van der Waals surface area contributed by atoms with E-state index < -0.39 is 0 Å². The van der Waals surface area contributed by atoms with E-state index in [9.17, 15) is 0 Å². The van der Waals surface area contributed by atoms with Gasteiger partial charge in [0, 0.05) is 0 Å². The Bertz CT molecular complexity index is 439. The van der Waals surface area contributed by atoms with Crippen molar-refractivity contribution in [3.63, 3.8) is 0 Å².